The van der Waals surface area contributed by atoms with Crippen LogP contribution in [0.3, 0.4) is 0 Å². The van der Waals surface area contributed by atoms with Gasteiger partial charge in [0.05, 0.1) is 12.9 Å². The summed E-state index contributed by atoms with van der Waals surface area (Å²) in [6, 6.07) is 8.88. The first kappa shape index (κ1) is 13.8. The molecule has 0 aliphatic heterocycles. The second kappa shape index (κ2) is 5.90. The molecule has 94 valence electrons. The molecule has 0 radical (unpaired) electrons. The Hall–Kier alpha value is -1.24. The lowest BCUT2D eigenvalue weighted by Gasteiger charge is -2.19. The van der Waals surface area contributed by atoms with E-state index in [1.807, 2.05) is 13.2 Å². The Morgan fingerprint density at radius 1 is 1.18 bits per heavy atom. The number of rotatable bonds is 4. The lowest BCUT2D eigenvalue weighted by molar-refractivity contribution is 0.265. The molecule has 0 amide bonds. The first-order valence-corrected chi connectivity index (χ1v) is 6.30. The highest BCUT2D eigenvalue weighted by atomic mass is 16.5. The van der Waals surface area contributed by atoms with E-state index in [-0.39, 0.29) is 5.41 Å². The van der Waals surface area contributed by atoms with E-state index in [1.54, 1.807) is 0 Å². The van der Waals surface area contributed by atoms with Crippen LogP contribution in [0.4, 0.5) is 0 Å². The third-order valence-electron chi connectivity index (χ3n) is 2.75. The van der Waals surface area contributed by atoms with Crippen LogP contribution in [0.15, 0.2) is 36.1 Å². The molecule has 0 aliphatic carbocycles. The molecular weight excluding hydrogens is 208 g/mol. The van der Waals surface area contributed by atoms with Crippen molar-refractivity contribution in [1.82, 2.24) is 0 Å². The van der Waals surface area contributed by atoms with Crippen LogP contribution < -0.4 is 0 Å². The second-order valence-corrected chi connectivity index (χ2v) is 5.54. The minimum atomic E-state index is 0.231. The van der Waals surface area contributed by atoms with Crippen molar-refractivity contribution in [3.05, 3.63) is 47.2 Å². The van der Waals surface area contributed by atoms with Gasteiger partial charge in [0, 0.05) is 0 Å². The summed E-state index contributed by atoms with van der Waals surface area (Å²) in [5.74, 6) is 0. The van der Waals surface area contributed by atoms with Gasteiger partial charge in [-0.15, -0.1) is 0 Å². The molecule has 0 bridgehead atoms. The molecule has 1 aromatic carbocycles. The molecule has 1 aromatic rings. The van der Waals surface area contributed by atoms with E-state index in [2.05, 4.69) is 52.0 Å². The van der Waals surface area contributed by atoms with Gasteiger partial charge in [0.25, 0.3) is 0 Å². The zero-order valence-electron chi connectivity index (χ0n) is 11.7. The van der Waals surface area contributed by atoms with Crippen LogP contribution >= 0.6 is 0 Å². The van der Waals surface area contributed by atoms with Gasteiger partial charge in [-0.25, -0.2) is 0 Å². The first-order valence-electron chi connectivity index (χ1n) is 6.30. The largest absolute Gasteiger partial charge is 0.502 e. The number of benzene rings is 1. The van der Waals surface area contributed by atoms with E-state index in [9.17, 15) is 0 Å². The molecule has 1 nitrogen and oxygen atoms in total. The van der Waals surface area contributed by atoms with Gasteiger partial charge in [-0.1, -0.05) is 45.0 Å². The molecule has 0 aliphatic rings. The smallest absolute Gasteiger partial charge is 0.0845 e. The molecule has 0 spiro atoms. The van der Waals surface area contributed by atoms with Gasteiger partial charge in [-0.3, -0.25) is 0 Å². The fourth-order valence-electron chi connectivity index (χ4n) is 1.71. The van der Waals surface area contributed by atoms with Crippen LogP contribution in [-0.4, -0.2) is 6.61 Å². The standard InChI is InChI=1S/C16H24O/c1-6-17-12-13(2)11-14-7-9-15(10-8-14)16(3,4)5/h7-10,12H,6,11H2,1-5H3. The summed E-state index contributed by atoms with van der Waals surface area (Å²) in [5, 5.41) is 0. The predicted molar refractivity (Wildman–Crippen MR) is 74.2 cm³/mol. The molecule has 0 atom stereocenters. The lowest BCUT2D eigenvalue weighted by atomic mass is 9.86. The summed E-state index contributed by atoms with van der Waals surface area (Å²) in [5.41, 5.74) is 4.21. The monoisotopic (exact) mass is 232 g/mol. The van der Waals surface area contributed by atoms with Crippen LogP contribution in [0, 0.1) is 0 Å². The normalized spacial score (nSPS) is 12.6. The molecule has 0 saturated carbocycles. The van der Waals surface area contributed by atoms with E-state index in [4.69, 9.17) is 4.74 Å². The van der Waals surface area contributed by atoms with Gasteiger partial charge in [0.15, 0.2) is 0 Å². The number of ether oxygens (including phenoxy) is 1. The van der Waals surface area contributed by atoms with Crippen LogP contribution in [0.1, 0.15) is 45.7 Å². The van der Waals surface area contributed by atoms with Crippen molar-refractivity contribution < 1.29 is 4.74 Å². The molecule has 0 saturated heterocycles. The Morgan fingerprint density at radius 3 is 2.24 bits per heavy atom. The summed E-state index contributed by atoms with van der Waals surface area (Å²) >= 11 is 0. The van der Waals surface area contributed by atoms with E-state index < -0.39 is 0 Å². The molecule has 0 fully saturated rings. The molecular formula is C16H24O. The highest BCUT2D eigenvalue weighted by Crippen LogP contribution is 2.22. The Bertz CT molecular complexity index is 366. The SMILES string of the molecule is CCOC=C(C)Cc1ccc(C(C)(C)C)cc1. The summed E-state index contributed by atoms with van der Waals surface area (Å²) in [6.45, 7) is 11.6. The Kier molecular flexibility index (Phi) is 4.80. The van der Waals surface area contributed by atoms with Crippen LogP contribution in [0.5, 0.6) is 0 Å². The second-order valence-electron chi connectivity index (χ2n) is 5.54. The maximum absolute atomic E-state index is 5.28. The third-order valence-corrected chi connectivity index (χ3v) is 2.75. The predicted octanol–water partition coefficient (Wildman–Crippen LogP) is 4.47. The number of hydrogen-bond donors (Lipinski definition) is 0. The maximum atomic E-state index is 5.28. The average molecular weight is 232 g/mol. The third kappa shape index (κ3) is 4.64. The topological polar surface area (TPSA) is 9.23 Å². The van der Waals surface area contributed by atoms with Crippen molar-refractivity contribution in [1.29, 1.82) is 0 Å². The van der Waals surface area contributed by atoms with Crippen molar-refractivity contribution in [2.24, 2.45) is 0 Å². The Balaban J connectivity index is 2.69. The number of allylic oxidation sites excluding steroid dienone is 1. The Labute approximate surface area is 106 Å². The zero-order valence-corrected chi connectivity index (χ0v) is 11.7. The van der Waals surface area contributed by atoms with Gasteiger partial charge in [-0.05, 0) is 42.4 Å². The average Bonchev–Trinajstić information content (AvgIpc) is 2.26. The van der Waals surface area contributed by atoms with E-state index in [0.717, 1.165) is 13.0 Å². The lowest BCUT2D eigenvalue weighted by Crippen LogP contribution is -2.10. The summed E-state index contributed by atoms with van der Waals surface area (Å²) in [4.78, 5) is 0. The zero-order chi connectivity index (χ0) is 12.9. The minimum absolute atomic E-state index is 0.231. The molecule has 0 N–H and O–H groups in total. The quantitative estimate of drug-likeness (QED) is 0.696. The Morgan fingerprint density at radius 2 is 1.76 bits per heavy atom. The van der Waals surface area contributed by atoms with E-state index in [1.165, 1.54) is 16.7 Å². The molecule has 0 unspecified atom stereocenters. The van der Waals surface area contributed by atoms with Gasteiger partial charge in [0.1, 0.15) is 0 Å². The maximum Gasteiger partial charge on any atom is 0.0845 e. The molecule has 1 rings (SSSR count). The van der Waals surface area contributed by atoms with Crippen molar-refractivity contribution in [2.75, 3.05) is 6.61 Å². The van der Waals surface area contributed by atoms with Gasteiger partial charge >= 0.3 is 0 Å². The van der Waals surface area contributed by atoms with Crippen molar-refractivity contribution in [3.63, 3.8) is 0 Å². The van der Waals surface area contributed by atoms with Gasteiger partial charge < -0.3 is 4.74 Å². The molecule has 1 heteroatoms. The van der Waals surface area contributed by atoms with Crippen molar-refractivity contribution in [2.45, 2.75) is 46.5 Å². The molecule has 0 aromatic heterocycles. The summed E-state index contributed by atoms with van der Waals surface area (Å²) in [6.07, 6.45) is 2.82. The minimum Gasteiger partial charge on any atom is -0.502 e. The molecule has 0 heterocycles. The van der Waals surface area contributed by atoms with Crippen molar-refractivity contribution >= 4 is 0 Å². The highest BCUT2D eigenvalue weighted by Gasteiger charge is 2.12. The highest BCUT2D eigenvalue weighted by molar-refractivity contribution is 5.29. The fourth-order valence-corrected chi connectivity index (χ4v) is 1.71. The number of hydrogen-bond acceptors (Lipinski definition) is 1. The first-order chi connectivity index (χ1) is 7.93. The van der Waals surface area contributed by atoms with Crippen LogP contribution in [0.2, 0.25) is 0 Å². The molecule has 17 heavy (non-hydrogen) atoms. The van der Waals surface area contributed by atoms with E-state index in [0.29, 0.717) is 0 Å². The summed E-state index contributed by atoms with van der Waals surface area (Å²) < 4.78 is 5.28. The van der Waals surface area contributed by atoms with Crippen molar-refractivity contribution in [3.8, 4) is 0 Å². The van der Waals surface area contributed by atoms with Crippen LogP contribution in [-0.2, 0) is 16.6 Å². The van der Waals surface area contributed by atoms with Crippen LogP contribution in [0.25, 0.3) is 0 Å². The van der Waals surface area contributed by atoms with E-state index >= 15 is 0 Å². The fraction of sp³-hybridized carbons (Fsp3) is 0.500. The summed E-state index contributed by atoms with van der Waals surface area (Å²) in [7, 11) is 0. The van der Waals surface area contributed by atoms with Gasteiger partial charge in [0.2, 0.25) is 0 Å². The van der Waals surface area contributed by atoms with Gasteiger partial charge in [-0.2, -0.15) is 0 Å².